The Balaban J connectivity index is 1.68. The van der Waals surface area contributed by atoms with Gasteiger partial charge in [-0.2, -0.15) is 0 Å². The van der Waals surface area contributed by atoms with Gasteiger partial charge < -0.3 is 4.57 Å². The van der Waals surface area contributed by atoms with Gasteiger partial charge in [-0.3, -0.25) is 9.67 Å². The van der Waals surface area contributed by atoms with E-state index in [1.165, 1.54) is 0 Å². The molecule has 0 fully saturated rings. The van der Waals surface area contributed by atoms with Crippen molar-refractivity contribution >= 4 is 10.9 Å². The monoisotopic (exact) mass is 304 g/mol. The molecule has 0 N–H and O–H groups in total. The standard InChI is InChI=1S/C17H16N6/c1-13-12-23(21-20-13)11-10-22-9-8-19-17(22)15-6-7-18-16-5-3-2-4-14(15)16/h2-9,12H,10-11H2,1H3. The Hall–Kier alpha value is -3.02. The van der Waals surface area contributed by atoms with Gasteiger partial charge in [0.05, 0.1) is 17.8 Å². The Morgan fingerprint density at radius 2 is 1.91 bits per heavy atom. The SMILES string of the molecule is Cc1cn(CCn2ccnc2-c2ccnc3ccccc23)nn1. The molecule has 0 aliphatic heterocycles. The molecule has 3 heterocycles. The fraction of sp³-hybridized carbons (Fsp3) is 0.176. The number of fused-ring (bicyclic) bond motifs is 1. The fourth-order valence-electron chi connectivity index (χ4n) is 2.74. The topological polar surface area (TPSA) is 61.4 Å². The lowest BCUT2D eigenvalue weighted by atomic mass is 10.1. The van der Waals surface area contributed by atoms with Crippen LogP contribution in [0, 0.1) is 6.92 Å². The highest BCUT2D eigenvalue weighted by Gasteiger charge is 2.10. The zero-order valence-corrected chi connectivity index (χ0v) is 12.8. The van der Waals surface area contributed by atoms with E-state index in [0.29, 0.717) is 0 Å². The van der Waals surface area contributed by atoms with Crippen LogP contribution in [-0.2, 0) is 13.1 Å². The van der Waals surface area contributed by atoms with Gasteiger partial charge >= 0.3 is 0 Å². The largest absolute Gasteiger partial charge is 0.329 e. The zero-order chi connectivity index (χ0) is 15.6. The highest BCUT2D eigenvalue weighted by molar-refractivity contribution is 5.92. The maximum Gasteiger partial charge on any atom is 0.140 e. The van der Waals surface area contributed by atoms with Gasteiger partial charge in [0.15, 0.2) is 0 Å². The summed E-state index contributed by atoms with van der Waals surface area (Å²) in [5, 5.41) is 9.22. The van der Waals surface area contributed by atoms with Gasteiger partial charge in [0.2, 0.25) is 0 Å². The van der Waals surface area contributed by atoms with Crippen LogP contribution in [0.1, 0.15) is 5.69 Å². The molecule has 1 aromatic carbocycles. The van der Waals surface area contributed by atoms with E-state index in [-0.39, 0.29) is 0 Å². The van der Waals surface area contributed by atoms with Gasteiger partial charge in [-0.15, -0.1) is 5.10 Å². The molecule has 4 rings (SSSR count). The molecule has 0 saturated carbocycles. The third-order valence-corrected chi connectivity index (χ3v) is 3.83. The van der Waals surface area contributed by atoms with E-state index in [1.807, 2.05) is 60.7 Å². The molecule has 0 spiro atoms. The number of rotatable bonds is 4. The van der Waals surface area contributed by atoms with Crippen LogP contribution in [0.15, 0.2) is 55.1 Å². The molecule has 0 radical (unpaired) electrons. The lowest BCUT2D eigenvalue weighted by molar-refractivity contribution is 0.522. The number of pyridine rings is 1. The van der Waals surface area contributed by atoms with Gasteiger partial charge in [-0.1, -0.05) is 23.4 Å². The van der Waals surface area contributed by atoms with Crippen LogP contribution >= 0.6 is 0 Å². The number of imidazole rings is 1. The first kappa shape index (κ1) is 13.6. The lowest BCUT2D eigenvalue weighted by Crippen LogP contribution is -2.08. The van der Waals surface area contributed by atoms with Gasteiger partial charge in [0.1, 0.15) is 5.82 Å². The molecule has 114 valence electrons. The van der Waals surface area contributed by atoms with Crippen molar-refractivity contribution in [3.05, 3.63) is 60.8 Å². The molecule has 0 atom stereocenters. The lowest BCUT2D eigenvalue weighted by Gasteiger charge is -2.10. The van der Waals surface area contributed by atoms with Gasteiger partial charge in [0, 0.05) is 42.3 Å². The fourth-order valence-corrected chi connectivity index (χ4v) is 2.74. The van der Waals surface area contributed by atoms with Crippen molar-refractivity contribution in [1.82, 2.24) is 29.5 Å². The minimum absolute atomic E-state index is 0.757. The van der Waals surface area contributed by atoms with Crippen LogP contribution in [0.5, 0.6) is 0 Å². The maximum absolute atomic E-state index is 4.54. The minimum atomic E-state index is 0.757. The Bertz CT molecular complexity index is 947. The van der Waals surface area contributed by atoms with E-state index in [0.717, 1.165) is 41.1 Å². The molecule has 6 nitrogen and oxygen atoms in total. The summed E-state index contributed by atoms with van der Waals surface area (Å²) in [5.74, 6) is 0.945. The first-order valence-corrected chi connectivity index (χ1v) is 7.53. The van der Waals surface area contributed by atoms with Crippen molar-refractivity contribution in [1.29, 1.82) is 0 Å². The number of nitrogens with zero attached hydrogens (tertiary/aromatic N) is 6. The second-order valence-electron chi connectivity index (χ2n) is 5.44. The Kier molecular flexibility index (Phi) is 3.34. The second-order valence-corrected chi connectivity index (χ2v) is 5.44. The highest BCUT2D eigenvalue weighted by atomic mass is 15.4. The first-order chi connectivity index (χ1) is 11.3. The number of para-hydroxylation sites is 1. The summed E-state index contributed by atoms with van der Waals surface area (Å²) in [6.07, 6.45) is 7.60. The van der Waals surface area contributed by atoms with Crippen LogP contribution in [0.3, 0.4) is 0 Å². The summed E-state index contributed by atoms with van der Waals surface area (Å²) < 4.78 is 3.99. The molecule has 0 unspecified atom stereocenters. The highest BCUT2D eigenvalue weighted by Crippen LogP contribution is 2.25. The van der Waals surface area contributed by atoms with E-state index in [2.05, 4.69) is 30.9 Å². The smallest absolute Gasteiger partial charge is 0.140 e. The van der Waals surface area contributed by atoms with Crippen LogP contribution in [0.4, 0.5) is 0 Å². The van der Waals surface area contributed by atoms with Crippen molar-refractivity contribution in [2.75, 3.05) is 0 Å². The van der Waals surface area contributed by atoms with Gasteiger partial charge in [0.25, 0.3) is 0 Å². The normalized spacial score (nSPS) is 11.2. The van der Waals surface area contributed by atoms with Crippen LogP contribution in [-0.4, -0.2) is 29.5 Å². The number of aromatic nitrogens is 6. The maximum atomic E-state index is 4.54. The molecular weight excluding hydrogens is 288 g/mol. The Morgan fingerprint density at radius 1 is 1.00 bits per heavy atom. The zero-order valence-electron chi connectivity index (χ0n) is 12.8. The quantitative estimate of drug-likeness (QED) is 0.581. The molecule has 4 aromatic rings. The van der Waals surface area contributed by atoms with Crippen LogP contribution in [0.25, 0.3) is 22.3 Å². The molecule has 0 amide bonds. The van der Waals surface area contributed by atoms with Crippen molar-refractivity contribution in [3.8, 4) is 11.4 Å². The van der Waals surface area contributed by atoms with Crippen molar-refractivity contribution in [3.63, 3.8) is 0 Å². The predicted octanol–water partition coefficient (Wildman–Crippen LogP) is 2.70. The number of aryl methyl sites for hydroxylation is 3. The van der Waals surface area contributed by atoms with Gasteiger partial charge in [-0.25, -0.2) is 4.98 Å². The summed E-state index contributed by atoms with van der Waals surface area (Å²) in [4.78, 5) is 8.96. The predicted molar refractivity (Wildman–Crippen MR) is 87.7 cm³/mol. The summed E-state index contributed by atoms with van der Waals surface area (Å²) in [6.45, 7) is 3.48. The van der Waals surface area contributed by atoms with Gasteiger partial charge in [-0.05, 0) is 19.1 Å². The van der Waals surface area contributed by atoms with Crippen molar-refractivity contribution < 1.29 is 0 Å². The van der Waals surface area contributed by atoms with E-state index in [1.54, 1.807) is 0 Å². The van der Waals surface area contributed by atoms with E-state index < -0.39 is 0 Å². The van der Waals surface area contributed by atoms with Crippen LogP contribution in [0.2, 0.25) is 0 Å². The third kappa shape index (κ3) is 2.59. The Morgan fingerprint density at radius 3 is 2.78 bits per heavy atom. The first-order valence-electron chi connectivity index (χ1n) is 7.53. The second kappa shape index (κ2) is 5.64. The molecule has 0 aliphatic carbocycles. The molecule has 6 heteroatoms. The number of hydrogen-bond donors (Lipinski definition) is 0. The molecular formula is C17H16N6. The summed E-state index contributed by atoms with van der Waals surface area (Å²) in [7, 11) is 0. The minimum Gasteiger partial charge on any atom is -0.329 e. The molecule has 0 aliphatic rings. The third-order valence-electron chi connectivity index (χ3n) is 3.83. The summed E-state index contributed by atoms with van der Waals surface area (Å²) in [5.41, 5.74) is 3.00. The summed E-state index contributed by atoms with van der Waals surface area (Å²) >= 11 is 0. The Labute approximate surface area is 133 Å². The average molecular weight is 304 g/mol. The molecule has 3 aromatic heterocycles. The molecule has 0 saturated heterocycles. The van der Waals surface area contributed by atoms with Crippen molar-refractivity contribution in [2.24, 2.45) is 0 Å². The van der Waals surface area contributed by atoms with E-state index in [4.69, 9.17) is 0 Å². The average Bonchev–Trinajstić information content (AvgIpc) is 3.21. The van der Waals surface area contributed by atoms with E-state index >= 15 is 0 Å². The number of benzene rings is 1. The number of hydrogen-bond acceptors (Lipinski definition) is 4. The summed E-state index contributed by atoms with van der Waals surface area (Å²) in [6, 6.07) is 10.1. The molecule has 23 heavy (non-hydrogen) atoms. The van der Waals surface area contributed by atoms with Crippen LogP contribution < -0.4 is 0 Å². The van der Waals surface area contributed by atoms with Crippen molar-refractivity contribution in [2.45, 2.75) is 20.0 Å². The van der Waals surface area contributed by atoms with E-state index in [9.17, 15) is 0 Å². The molecule has 0 bridgehead atoms.